The van der Waals surface area contributed by atoms with E-state index >= 15 is 0 Å². The van der Waals surface area contributed by atoms with Crippen LogP contribution in [-0.2, 0) is 4.74 Å². The lowest BCUT2D eigenvalue weighted by Crippen LogP contribution is -2.66. The van der Waals surface area contributed by atoms with Crippen molar-refractivity contribution in [2.75, 3.05) is 6.61 Å². The van der Waals surface area contributed by atoms with E-state index in [1.807, 2.05) is 0 Å². The number of hydrogen-bond acceptors (Lipinski definition) is 3. The van der Waals surface area contributed by atoms with Gasteiger partial charge in [-0.3, -0.25) is 0 Å². The Balaban J connectivity index is 1.35. The molecule has 1 saturated heterocycles. The summed E-state index contributed by atoms with van der Waals surface area (Å²) in [5, 5.41) is 22.2. The third kappa shape index (κ3) is 3.08. The Kier molecular flexibility index (Phi) is 5.47. The van der Waals surface area contributed by atoms with Crippen LogP contribution in [0.15, 0.2) is 12.2 Å². The Morgan fingerprint density at radius 3 is 2.61 bits per heavy atom. The van der Waals surface area contributed by atoms with Gasteiger partial charge in [-0.2, -0.15) is 0 Å². The van der Waals surface area contributed by atoms with Gasteiger partial charge in [0, 0.05) is 11.8 Å². The summed E-state index contributed by atoms with van der Waals surface area (Å²) in [6.07, 6.45) is 10.7. The quantitative estimate of drug-likeness (QED) is 0.547. The van der Waals surface area contributed by atoms with Crippen molar-refractivity contribution in [2.24, 2.45) is 46.3 Å². The highest BCUT2D eigenvalue weighted by Crippen LogP contribution is 2.71. The number of rotatable bonds is 5. The molecule has 1 aliphatic heterocycles. The molecule has 2 N–H and O–H groups in total. The van der Waals surface area contributed by atoms with Gasteiger partial charge in [0.2, 0.25) is 0 Å². The molecule has 5 aliphatic rings. The third-order valence-electron chi connectivity index (χ3n) is 11.5. The second-order valence-corrected chi connectivity index (χ2v) is 12.9. The van der Waals surface area contributed by atoms with Crippen molar-refractivity contribution >= 4 is 0 Å². The molecular weight excluding hydrogens is 384 g/mol. The Hall–Kier alpha value is -0.380. The van der Waals surface area contributed by atoms with E-state index in [4.69, 9.17) is 4.74 Å². The van der Waals surface area contributed by atoms with Crippen LogP contribution in [-0.4, -0.2) is 34.6 Å². The molecule has 0 spiro atoms. The fraction of sp³-hybridized carbons (Fsp3) is 0.929. The van der Waals surface area contributed by atoms with Gasteiger partial charge in [-0.15, -0.1) is 0 Å². The van der Waals surface area contributed by atoms with Gasteiger partial charge in [0.1, 0.15) is 5.60 Å². The minimum Gasteiger partial charge on any atom is -0.393 e. The molecule has 1 heterocycles. The molecule has 4 saturated carbocycles. The molecular formula is C28H46O3. The number of aliphatic hydroxyl groups is 2. The lowest BCUT2D eigenvalue weighted by Gasteiger charge is -2.62. The molecule has 0 amide bonds. The average Bonchev–Trinajstić information content (AvgIpc) is 3.14. The molecule has 31 heavy (non-hydrogen) atoms. The average molecular weight is 431 g/mol. The Labute approximate surface area is 190 Å². The lowest BCUT2D eigenvalue weighted by atomic mass is 9.43. The Bertz CT molecular complexity index is 717. The van der Waals surface area contributed by atoms with E-state index in [9.17, 15) is 10.2 Å². The Morgan fingerprint density at radius 2 is 1.87 bits per heavy atom. The summed E-state index contributed by atoms with van der Waals surface area (Å²) in [6, 6.07) is 0. The molecule has 0 aromatic rings. The van der Waals surface area contributed by atoms with Gasteiger partial charge in [-0.25, -0.2) is 0 Å². The maximum atomic E-state index is 11.8. The van der Waals surface area contributed by atoms with Crippen LogP contribution in [0.2, 0.25) is 0 Å². The first kappa shape index (κ1) is 22.4. The maximum Gasteiger partial charge on any atom is 0.101 e. The summed E-state index contributed by atoms with van der Waals surface area (Å²) in [5.41, 5.74) is 0.968. The standard InChI is InChI=1S/C28H46O3/c1-17(2)18(3)6-7-19(4)22-8-9-23-21-14-25-28(30)15-20(29)10-13-27(28,16-31-25)24(21)11-12-26(22,23)5/h17,19-25,29-30H,3,6-16H2,1-2,4-5H3/t19-,20+,21+,22-,23+,24+,25-,26-,27+,28+/m1/s1. The first-order valence-corrected chi connectivity index (χ1v) is 13.3. The van der Waals surface area contributed by atoms with Crippen LogP contribution in [0.25, 0.3) is 0 Å². The summed E-state index contributed by atoms with van der Waals surface area (Å²) in [4.78, 5) is 0. The Morgan fingerprint density at radius 1 is 1.10 bits per heavy atom. The zero-order valence-electron chi connectivity index (χ0n) is 20.4. The van der Waals surface area contributed by atoms with E-state index in [0.29, 0.717) is 29.6 Å². The lowest BCUT2D eigenvalue weighted by molar-refractivity contribution is -0.214. The fourth-order valence-electron chi connectivity index (χ4n) is 9.65. The minimum absolute atomic E-state index is 0.0584. The maximum absolute atomic E-state index is 11.8. The van der Waals surface area contributed by atoms with Crippen molar-refractivity contribution in [1.82, 2.24) is 0 Å². The predicted octanol–water partition coefficient (Wildman–Crippen LogP) is 5.74. The van der Waals surface area contributed by atoms with Gasteiger partial charge in [-0.1, -0.05) is 39.8 Å². The second kappa shape index (κ2) is 7.57. The molecule has 3 heteroatoms. The van der Waals surface area contributed by atoms with Crippen molar-refractivity contribution in [3.05, 3.63) is 12.2 Å². The largest absolute Gasteiger partial charge is 0.393 e. The van der Waals surface area contributed by atoms with Gasteiger partial charge in [0.25, 0.3) is 0 Å². The molecule has 5 rings (SSSR count). The smallest absolute Gasteiger partial charge is 0.101 e. The number of aliphatic hydroxyl groups excluding tert-OH is 1. The summed E-state index contributed by atoms with van der Waals surface area (Å²) in [7, 11) is 0. The van der Waals surface area contributed by atoms with Crippen LogP contribution in [0, 0.1) is 46.3 Å². The van der Waals surface area contributed by atoms with Crippen LogP contribution in [0.4, 0.5) is 0 Å². The van der Waals surface area contributed by atoms with Crippen LogP contribution in [0.5, 0.6) is 0 Å². The molecule has 0 unspecified atom stereocenters. The molecule has 5 fully saturated rings. The van der Waals surface area contributed by atoms with Crippen LogP contribution < -0.4 is 0 Å². The molecule has 0 aromatic heterocycles. The van der Waals surface area contributed by atoms with Gasteiger partial charge >= 0.3 is 0 Å². The molecule has 0 radical (unpaired) electrons. The van der Waals surface area contributed by atoms with E-state index in [2.05, 4.69) is 34.3 Å². The van der Waals surface area contributed by atoms with E-state index in [0.717, 1.165) is 43.6 Å². The van der Waals surface area contributed by atoms with Crippen molar-refractivity contribution < 1.29 is 14.9 Å². The highest BCUT2D eigenvalue weighted by atomic mass is 16.5. The van der Waals surface area contributed by atoms with E-state index < -0.39 is 5.60 Å². The van der Waals surface area contributed by atoms with E-state index in [1.165, 1.54) is 44.1 Å². The molecule has 2 bridgehead atoms. The first-order valence-electron chi connectivity index (χ1n) is 13.3. The van der Waals surface area contributed by atoms with E-state index in [1.54, 1.807) is 0 Å². The zero-order valence-corrected chi connectivity index (χ0v) is 20.4. The van der Waals surface area contributed by atoms with E-state index in [-0.39, 0.29) is 17.6 Å². The molecule has 0 aromatic carbocycles. The fourth-order valence-corrected chi connectivity index (χ4v) is 9.65. The predicted molar refractivity (Wildman–Crippen MR) is 125 cm³/mol. The molecule has 4 aliphatic carbocycles. The third-order valence-corrected chi connectivity index (χ3v) is 11.5. The van der Waals surface area contributed by atoms with Crippen LogP contribution in [0.1, 0.15) is 91.9 Å². The number of allylic oxidation sites excluding steroid dienone is 1. The monoisotopic (exact) mass is 430 g/mol. The van der Waals surface area contributed by atoms with Gasteiger partial charge in [0.05, 0.1) is 18.8 Å². The van der Waals surface area contributed by atoms with Crippen molar-refractivity contribution in [1.29, 1.82) is 0 Å². The summed E-state index contributed by atoms with van der Waals surface area (Å²) < 4.78 is 6.33. The number of hydrogen-bond donors (Lipinski definition) is 2. The number of fused-ring (bicyclic) bond motifs is 3. The van der Waals surface area contributed by atoms with Crippen molar-refractivity contribution in [3.8, 4) is 0 Å². The molecule has 10 atom stereocenters. The summed E-state index contributed by atoms with van der Waals surface area (Å²) >= 11 is 0. The number of ether oxygens (including phenoxy) is 1. The minimum atomic E-state index is -0.790. The molecule has 176 valence electrons. The topological polar surface area (TPSA) is 49.7 Å². The zero-order chi connectivity index (χ0) is 22.2. The summed E-state index contributed by atoms with van der Waals surface area (Å²) in [5.74, 6) is 4.24. The van der Waals surface area contributed by atoms with Crippen LogP contribution in [0.3, 0.4) is 0 Å². The summed E-state index contributed by atoms with van der Waals surface area (Å²) in [6.45, 7) is 14.7. The van der Waals surface area contributed by atoms with Crippen molar-refractivity contribution in [2.45, 2.75) is 110 Å². The van der Waals surface area contributed by atoms with Gasteiger partial charge in [0.15, 0.2) is 0 Å². The highest BCUT2D eigenvalue weighted by Gasteiger charge is 2.72. The first-order chi connectivity index (χ1) is 14.6. The highest BCUT2D eigenvalue weighted by molar-refractivity contribution is 5.21. The van der Waals surface area contributed by atoms with Crippen LogP contribution >= 0.6 is 0 Å². The normalized spacial score (nSPS) is 51.8. The molecule has 3 nitrogen and oxygen atoms in total. The van der Waals surface area contributed by atoms with Gasteiger partial charge < -0.3 is 14.9 Å². The van der Waals surface area contributed by atoms with Gasteiger partial charge in [-0.05, 0) is 98.7 Å². The second-order valence-electron chi connectivity index (χ2n) is 12.9. The SMILES string of the molecule is C=C(CC[C@@H](C)[C@H]1CC[C@H]2[C@@H]3C[C@H]4OC[C@@]5(CC[C@H](O)C[C@]45O)[C@H]3CC[C@]12C)C(C)C. The van der Waals surface area contributed by atoms with Crippen molar-refractivity contribution in [3.63, 3.8) is 0 Å².